The van der Waals surface area contributed by atoms with Crippen LogP contribution in [-0.4, -0.2) is 44.5 Å². The van der Waals surface area contributed by atoms with Crippen LogP contribution in [0.5, 0.6) is 5.75 Å². The summed E-state index contributed by atoms with van der Waals surface area (Å²) in [7, 11) is 0. The second kappa shape index (κ2) is 14.0. The number of phenolic OH excluding ortho intramolecular Hbond substituents is 1. The predicted molar refractivity (Wildman–Crippen MR) is 184 cm³/mol. The van der Waals surface area contributed by atoms with Gasteiger partial charge in [0.15, 0.2) is 0 Å². The molecule has 0 spiro atoms. The van der Waals surface area contributed by atoms with Crippen molar-refractivity contribution in [2.45, 2.75) is 46.6 Å². The number of hydrogen-bond donors (Lipinski definition) is 5. The second-order valence-corrected chi connectivity index (χ2v) is 11.6. The van der Waals surface area contributed by atoms with Crippen molar-refractivity contribution in [1.29, 1.82) is 0 Å². The summed E-state index contributed by atoms with van der Waals surface area (Å²) < 4.78 is 16.2. The van der Waals surface area contributed by atoms with E-state index in [4.69, 9.17) is 0 Å². The van der Waals surface area contributed by atoms with Crippen molar-refractivity contribution >= 4 is 33.4 Å². The number of nitrogens with zero attached hydrogens (tertiary/aromatic N) is 2. The largest absolute Gasteiger partial charge is 0.507 e. The Morgan fingerprint density at radius 2 is 1.35 bits per heavy atom. The molecule has 1 aliphatic carbocycles. The zero-order valence-corrected chi connectivity index (χ0v) is 27.1. The number of benzene rings is 3. The number of halogens is 1. The van der Waals surface area contributed by atoms with E-state index in [-0.39, 0.29) is 50.7 Å². The quantitative estimate of drug-likeness (QED) is 0.146. The van der Waals surface area contributed by atoms with E-state index in [1.165, 1.54) is 29.8 Å². The van der Waals surface area contributed by atoms with Crippen molar-refractivity contribution in [2.75, 3.05) is 23.9 Å². The Labute approximate surface area is 275 Å². The molecule has 5 aromatic rings. The van der Waals surface area contributed by atoms with Crippen LogP contribution in [-0.2, 0) is 0 Å². The molecule has 0 saturated heterocycles. The predicted octanol–water partition coefficient (Wildman–Crippen LogP) is 5.17. The number of carbonyl (C=O) groups excluding carboxylic acids is 1. The number of amides is 1. The molecule has 0 aliphatic heterocycles. The summed E-state index contributed by atoms with van der Waals surface area (Å²) in [5.74, 6) is -1.88. The Bertz CT molecular complexity index is 2140. The van der Waals surface area contributed by atoms with Crippen LogP contribution in [0, 0.1) is 25.6 Å². The molecule has 1 saturated carbocycles. The minimum absolute atomic E-state index is 0.0740. The molecule has 1 aliphatic rings. The molecule has 48 heavy (non-hydrogen) atoms. The minimum Gasteiger partial charge on any atom is -0.507 e. The molecular weight excluding hydrogens is 617 g/mol. The standard InChI is InChI=1S/C23H25N3O3.C13H13FN2O3/c1-3-24-26-14(2)19(17-10-7-11-18(27)20(17)23(26)29)22(28)25-21(16-12-13-16)15-8-5-4-6-9-15;1-3-15-16-7(2)10(13(18)19)8-5-4-6-9(14)11(8)12(16)17/h4-11,16,21,24,27H,3,12-13H2,1-2H3,(H,25,28);4-6,15H,3H2,1-2H3,(H,18,19)/t21-;/m1./s1. The van der Waals surface area contributed by atoms with E-state index < -0.39 is 17.3 Å². The number of phenols is 1. The smallest absolute Gasteiger partial charge is 0.338 e. The summed E-state index contributed by atoms with van der Waals surface area (Å²) in [5.41, 5.74) is 6.95. The third-order valence-electron chi connectivity index (χ3n) is 8.44. The maximum atomic E-state index is 13.8. The normalized spacial score (nSPS) is 13.0. The van der Waals surface area contributed by atoms with Gasteiger partial charge in [-0.05, 0) is 64.2 Å². The van der Waals surface area contributed by atoms with Gasteiger partial charge in [0.2, 0.25) is 0 Å². The Kier molecular flexibility index (Phi) is 9.83. The van der Waals surface area contributed by atoms with E-state index in [0.717, 1.165) is 29.1 Å². The van der Waals surface area contributed by atoms with Crippen molar-refractivity contribution < 1.29 is 24.2 Å². The van der Waals surface area contributed by atoms with Crippen molar-refractivity contribution in [3.63, 3.8) is 0 Å². The van der Waals surface area contributed by atoms with Crippen molar-refractivity contribution in [3.05, 3.63) is 121 Å². The van der Waals surface area contributed by atoms with E-state index >= 15 is 0 Å². The van der Waals surface area contributed by atoms with Gasteiger partial charge >= 0.3 is 5.97 Å². The number of aromatic hydroxyl groups is 1. The highest BCUT2D eigenvalue weighted by Gasteiger charge is 2.34. The number of aromatic carboxylic acids is 1. The third kappa shape index (κ3) is 6.33. The maximum Gasteiger partial charge on any atom is 0.338 e. The lowest BCUT2D eigenvalue weighted by atomic mass is 9.99. The van der Waals surface area contributed by atoms with Gasteiger partial charge in [0.1, 0.15) is 11.6 Å². The molecule has 1 atom stereocenters. The van der Waals surface area contributed by atoms with Gasteiger partial charge in [-0.2, -0.15) is 0 Å². The zero-order chi connectivity index (χ0) is 34.7. The highest BCUT2D eigenvalue weighted by Crippen LogP contribution is 2.41. The topological polar surface area (TPSA) is 155 Å². The van der Waals surface area contributed by atoms with Gasteiger partial charge in [-0.1, -0.05) is 54.6 Å². The van der Waals surface area contributed by atoms with Crippen LogP contribution >= 0.6 is 0 Å². The van der Waals surface area contributed by atoms with Crippen LogP contribution in [0.1, 0.15) is 70.4 Å². The number of rotatable bonds is 9. The molecule has 11 nitrogen and oxygen atoms in total. The minimum atomic E-state index is -1.19. The van der Waals surface area contributed by atoms with E-state index in [0.29, 0.717) is 35.7 Å². The molecule has 2 heterocycles. The highest BCUT2D eigenvalue weighted by molar-refractivity contribution is 6.09. The first-order chi connectivity index (χ1) is 23.0. The maximum absolute atomic E-state index is 13.8. The lowest BCUT2D eigenvalue weighted by Crippen LogP contribution is -2.36. The second-order valence-electron chi connectivity index (χ2n) is 11.6. The number of pyridine rings is 2. The Morgan fingerprint density at radius 1 is 0.812 bits per heavy atom. The van der Waals surface area contributed by atoms with Gasteiger partial charge in [-0.15, -0.1) is 0 Å². The van der Waals surface area contributed by atoms with Crippen LogP contribution in [0.4, 0.5) is 4.39 Å². The fraction of sp³-hybridized carbons (Fsp3) is 0.278. The molecule has 1 fully saturated rings. The average molecular weight is 656 g/mol. The molecule has 5 N–H and O–H groups in total. The summed E-state index contributed by atoms with van der Waals surface area (Å²) in [6.07, 6.45) is 2.16. The summed E-state index contributed by atoms with van der Waals surface area (Å²) in [4.78, 5) is 49.9. The number of carboxylic acid groups (broad SMARTS) is 1. The molecule has 250 valence electrons. The number of carboxylic acids is 1. The van der Waals surface area contributed by atoms with Crippen molar-refractivity contribution in [2.24, 2.45) is 5.92 Å². The summed E-state index contributed by atoms with van der Waals surface area (Å²) in [5, 5.41) is 23.3. The number of nitrogens with one attached hydrogen (secondary N) is 3. The van der Waals surface area contributed by atoms with Crippen LogP contribution < -0.4 is 27.3 Å². The first-order valence-corrected chi connectivity index (χ1v) is 15.8. The van der Waals surface area contributed by atoms with Crippen LogP contribution in [0.25, 0.3) is 21.5 Å². The molecular formula is C36H38FN5O6. The number of hydrogen-bond acceptors (Lipinski definition) is 7. The average Bonchev–Trinajstić information content (AvgIpc) is 3.90. The van der Waals surface area contributed by atoms with Gasteiger partial charge in [-0.25, -0.2) is 18.5 Å². The van der Waals surface area contributed by atoms with E-state index in [1.807, 2.05) is 37.3 Å². The first kappa shape index (κ1) is 33.7. The summed E-state index contributed by atoms with van der Waals surface area (Å²) >= 11 is 0. The highest BCUT2D eigenvalue weighted by atomic mass is 19.1. The molecule has 2 aromatic heterocycles. The number of fused-ring (bicyclic) bond motifs is 2. The SMILES string of the molecule is CCNn1c(C)c(C(=O)N[C@H](c2ccccc2)C2CC2)c2cccc(O)c2c1=O.CCNn1c(C)c(C(=O)O)c2cccc(F)c2c1=O. The van der Waals surface area contributed by atoms with Gasteiger partial charge in [0.25, 0.3) is 17.0 Å². The van der Waals surface area contributed by atoms with Crippen molar-refractivity contribution in [3.8, 4) is 5.75 Å². The fourth-order valence-electron chi connectivity index (χ4n) is 6.09. The molecule has 0 bridgehead atoms. The van der Waals surface area contributed by atoms with E-state index in [1.54, 1.807) is 26.0 Å². The lowest BCUT2D eigenvalue weighted by molar-refractivity contribution is 0.0697. The van der Waals surface area contributed by atoms with Crippen LogP contribution in [0.15, 0.2) is 76.3 Å². The number of aromatic nitrogens is 2. The van der Waals surface area contributed by atoms with E-state index in [9.17, 15) is 33.8 Å². The van der Waals surface area contributed by atoms with Crippen LogP contribution in [0.2, 0.25) is 0 Å². The Morgan fingerprint density at radius 3 is 1.92 bits per heavy atom. The van der Waals surface area contributed by atoms with E-state index in [2.05, 4.69) is 16.2 Å². The monoisotopic (exact) mass is 655 g/mol. The molecule has 6 rings (SSSR count). The van der Waals surface area contributed by atoms with Crippen molar-refractivity contribution in [1.82, 2.24) is 14.7 Å². The third-order valence-corrected chi connectivity index (χ3v) is 8.44. The fourth-order valence-corrected chi connectivity index (χ4v) is 6.09. The van der Waals surface area contributed by atoms with Gasteiger partial charge in [-0.3, -0.25) is 14.4 Å². The molecule has 12 heteroatoms. The van der Waals surface area contributed by atoms with Crippen LogP contribution in [0.3, 0.4) is 0 Å². The Hall–Kier alpha value is -5.65. The van der Waals surface area contributed by atoms with Gasteiger partial charge < -0.3 is 26.4 Å². The summed E-state index contributed by atoms with van der Waals surface area (Å²) in [6.45, 7) is 7.82. The molecule has 3 aromatic carbocycles. The summed E-state index contributed by atoms with van der Waals surface area (Å²) in [6, 6.07) is 18.7. The van der Waals surface area contributed by atoms with Gasteiger partial charge in [0, 0.05) is 23.9 Å². The number of carbonyl (C=O) groups is 2. The van der Waals surface area contributed by atoms with Gasteiger partial charge in [0.05, 0.1) is 39.3 Å². The molecule has 0 unspecified atom stereocenters. The first-order valence-electron chi connectivity index (χ1n) is 15.8. The molecule has 0 radical (unpaired) electrons. The zero-order valence-electron chi connectivity index (χ0n) is 27.1. The Balaban J connectivity index is 0.000000206. The molecule has 1 amide bonds. The lowest BCUT2D eigenvalue weighted by Gasteiger charge is -2.22.